The summed E-state index contributed by atoms with van der Waals surface area (Å²) in [7, 11) is 4.04. The molecule has 0 unspecified atom stereocenters. The van der Waals surface area contributed by atoms with Gasteiger partial charge in [0, 0.05) is 12.5 Å². The van der Waals surface area contributed by atoms with Crippen LogP contribution in [0.1, 0.15) is 39.5 Å². The van der Waals surface area contributed by atoms with E-state index in [0.29, 0.717) is 0 Å². The molecule has 0 aromatic heterocycles. The number of nitrogens with zero attached hydrogens (tertiary/aromatic N) is 1. The zero-order chi connectivity index (χ0) is 15.2. The van der Waals surface area contributed by atoms with Crippen molar-refractivity contribution in [1.82, 2.24) is 4.90 Å². The number of ether oxygens (including phenoxy) is 2. The molecule has 2 heterocycles. The first-order valence-electron chi connectivity index (χ1n) is 8.09. The SMILES string of the molecule is C/C1=C\CC[C@@]2(C)O[C@H]2[C@H]2OC(=O)[C@@H](CN(C)C)[C@@H]2CC1. The van der Waals surface area contributed by atoms with Crippen molar-refractivity contribution in [2.75, 3.05) is 20.6 Å². The number of allylic oxidation sites excluding steroid dienone is 2. The predicted molar refractivity (Wildman–Crippen MR) is 80.9 cm³/mol. The van der Waals surface area contributed by atoms with Crippen molar-refractivity contribution in [2.45, 2.75) is 57.3 Å². The summed E-state index contributed by atoms with van der Waals surface area (Å²) >= 11 is 0. The Bertz CT molecular complexity index is 459. The van der Waals surface area contributed by atoms with Gasteiger partial charge in [-0.3, -0.25) is 4.79 Å². The number of esters is 1. The molecule has 4 nitrogen and oxygen atoms in total. The van der Waals surface area contributed by atoms with Crippen LogP contribution in [0.5, 0.6) is 0 Å². The van der Waals surface area contributed by atoms with E-state index in [1.165, 1.54) is 5.57 Å². The van der Waals surface area contributed by atoms with E-state index in [2.05, 4.69) is 24.8 Å². The summed E-state index contributed by atoms with van der Waals surface area (Å²) in [6.45, 7) is 5.13. The lowest BCUT2D eigenvalue weighted by Gasteiger charge is -2.23. The topological polar surface area (TPSA) is 42.1 Å². The van der Waals surface area contributed by atoms with Crippen LogP contribution in [0, 0.1) is 11.8 Å². The molecule has 4 heteroatoms. The van der Waals surface area contributed by atoms with E-state index < -0.39 is 0 Å². The molecule has 118 valence electrons. The van der Waals surface area contributed by atoms with Gasteiger partial charge in [0.25, 0.3) is 0 Å². The molecule has 0 saturated carbocycles. The molecule has 21 heavy (non-hydrogen) atoms. The summed E-state index contributed by atoms with van der Waals surface area (Å²) in [5, 5.41) is 0. The van der Waals surface area contributed by atoms with Crippen LogP contribution in [0.15, 0.2) is 11.6 Å². The highest BCUT2D eigenvalue weighted by Crippen LogP contribution is 2.50. The number of hydrogen-bond donors (Lipinski definition) is 0. The number of rotatable bonds is 2. The van der Waals surface area contributed by atoms with Crippen molar-refractivity contribution in [3.8, 4) is 0 Å². The standard InChI is InChI=1S/C17H27NO3/c1-11-6-5-9-17(2)15(21-17)14-12(8-7-11)13(10-18(3)4)16(19)20-14/h6,12-15H,5,7-10H2,1-4H3/b11-6+/t12-,13-,14-,15-,17+/m0/s1. The third-order valence-corrected chi connectivity index (χ3v) is 5.30. The van der Waals surface area contributed by atoms with Gasteiger partial charge in [0.15, 0.2) is 0 Å². The van der Waals surface area contributed by atoms with E-state index >= 15 is 0 Å². The van der Waals surface area contributed by atoms with Gasteiger partial charge in [-0.2, -0.15) is 0 Å². The molecule has 5 atom stereocenters. The van der Waals surface area contributed by atoms with E-state index in [0.717, 1.165) is 32.2 Å². The van der Waals surface area contributed by atoms with Crippen LogP contribution in [0.3, 0.4) is 0 Å². The molecular weight excluding hydrogens is 266 g/mol. The molecule has 2 aliphatic heterocycles. The first-order valence-corrected chi connectivity index (χ1v) is 8.09. The Morgan fingerprint density at radius 3 is 2.90 bits per heavy atom. The number of carbonyl (C=O) groups is 1. The molecular formula is C17H27NO3. The molecule has 0 bridgehead atoms. The Hall–Kier alpha value is -0.870. The van der Waals surface area contributed by atoms with Gasteiger partial charge in [-0.25, -0.2) is 0 Å². The average molecular weight is 293 g/mol. The van der Waals surface area contributed by atoms with Gasteiger partial charge in [0.05, 0.1) is 11.5 Å². The van der Waals surface area contributed by atoms with Gasteiger partial charge < -0.3 is 14.4 Å². The quantitative estimate of drug-likeness (QED) is 0.445. The largest absolute Gasteiger partial charge is 0.459 e. The summed E-state index contributed by atoms with van der Waals surface area (Å²) in [5.41, 5.74) is 1.34. The van der Waals surface area contributed by atoms with E-state index in [-0.39, 0.29) is 35.6 Å². The minimum atomic E-state index is -0.0929. The maximum Gasteiger partial charge on any atom is 0.311 e. The fraction of sp³-hybridized carbons (Fsp3) is 0.824. The highest BCUT2D eigenvalue weighted by molar-refractivity contribution is 5.75. The lowest BCUT2D eigenvalue weighted by atomic mass is 9.80. The minimum absolute atomic E-state index is 0.00863. The van der Waals surface area contributed by atoms with Crippen molar-refractivity contribution in [2.24, 2.45) is 11.8 Å². The Kier molecular flexibility index (Phi) is 3.87. The zero-order valence-corrected chi connectivity index (χ0v) is 13.6. The first-order chi connectivity index (χ1) is 9.90. The molecule has 3 rings (SSSR count). The molecule has 2 saturated heterocycles. The Morgan fingerprint density at radius 1 is 1.43 bits per heavy atom. The lowest BCUT2D eigenvalue weighted by Crippen LogP contribution is -2.34. The van der Waals surface area contributed by atoms with Crippen LogP contribution >= 0.6 is 0 Å². The average Bonchev–Trinajstić information content (AvgIpc) is 2.97. The summed E-state index contributed by atoms with van der Waals surface area (Å²) in [6, 6.07) is 0. The second-order valence-electron chi connectivity index (χ2n) is 7.41. The smallest absolute Gasteiger partial charge is 0.311 e. The molecule has 0 spiro atoms. The van der Waals surface area contributed by atoms with Crippen LogP contribution in [0.25, 0.3) is 0 Å². The fourth-order valence-corrected chi connectivity index (χ4v) is 3.94. The Morgan fingerprint density at radius 2 is 2.19 bits per heavy atom. The van der Waals surface area contributed by atoms with Crippen molar-refractivity contribution >= 4 is 5.97 Å². The molecule has 2 fully saturated rings. The van der Waals surface area contributed by atoms with Crippen LogP contribution < -0.4 is 0 Å². The maximum absolute atomic E-state index is 12.3. The number of hydrogen-bond acceptors (Lipinski definition) is 4. The van der Waals surface area contributed by atoms with Crippen LogP contribution in [0.2, 0.25) is 0 Å². The molecule has 0 radical (unpaired) electrons. The van der Waals surface area contributed by atoms with Gasteiger partial charge in [0.1, 0.15) is 12.2 Å². The van der Waals surface area contributed by atoms with Gasteiger partial charge in [0.2, 0.25) is 0 Å². The maximum atomic E-state index is 12.3. The van der Waals surface area contributed by atoms with E-state index in [9.17, 15) is 4.79 Å². The molecule has 1 aliphatic carbocycles. The Labute approximate surface area is 127 Å². The fourth-order valence-electron chi connectivity index (χ4n) is 3.94. The van der Waals surface area contributed by atoms with Gasteiger partial charge in [-0.15, -0.1) is 0 Å². The minimum Gasteiger partial charge on any atom is -0.459 e. The normalized spacial score (nSPS) is 45.4. The second-order valence-corrected chi connectivity index (χ2v) is 7.41. The van der Waals surface area contributed by atoms with E-state index in [4.69, 9.17) is 9.47 Å². The molecule has 0 amide bonds. The van der Waals surface area contributed by atoms with E-state index in [1.807, 2.05) is 14.1 Å². The third kappa shape index (κ3) is 2.88. The lowest BCUT2D eigenvalue weighted by molar-refractivity contribution is -0.145. The zero-order valence-electron chi connectivity index (χ0n) is 13.6. The van der Waals surface area contributed by atoms with Crippen LogP contribution in [0.4, 0.5) is 0 Å². The van der Waals surface area contributed by atoms with Gasteiger partial charge in [-0.05, 0) is 53.6 Å². The summed E-state index contributed by atoms with van der Waals surface area (Å²) in [6.07, 6.45) is 6.56. The van der Waals surface area contributed by atoms with Crippen molar-refractivity contribution in [3.63, 3.8) is 0 Å². The molecule has 0 aromatic carbocycles. The summed E-state index contributed by atoms with van der Waals surface area (Å²) in [4.78, 5) is 14.4. The second kappa shape index (κ2) is 5.40. The van der Waals surface area contributed by atoms with Gasteiger partial charge in [-0.1, -0.05) is 11.6 Å². The van der Waals surface area contributed by atoms with Crippen molar-refractivity contribution in [1.29, 1.82) is 0 Å². The Balaban J connectivity index is 1.83. The van der Waals surface area contributed by atoms with E-state index in [1.54, 1.807) is 0 Å². The third-order valence-electron chi connectivity index (χ3n) is 5.30. The van der Waals surface area contributed by atoms with Crippen molar-refractivity contribution in [3.05, 3.63) is 11.6 Å². The number of carbonyl (C=O) groups excluding carboxylic acids is 1. The molecule has 0 aromatic rings. The molecule has 0 N–H and O–H groups in total. The summed E-state index contributed by atoms with van der Waals surface area (Å²) < 4.78 is 11.7. The van der Waals surface area contributed by atoms with Crippen LogP contribution in [-0.2, 0) is 14.3 Å². The first kappa shape index (κ1) is 15.0. The number of epoxide rings is 1. The molecule has 3 aliphatic rings. The van der Waals surface area contributed by atoms with Gasteiger partial charge >= 0.3 is 5.97 Å². The van der Waals surface area contributed by atoms with Crippen molar-refractivity contribution < 1.29 is 14.3 Å². The number of fused-ring (bicyclic) bond motifs is 3. The highest BCUT2D eigenvalue weighted by atomic mass is 16.6. The highest BCUT2D eigenvalue weighted by Gasteiger charge is 2.62. The predicted octanol–water partition coefficient (Wildman–Crippen LogP) is 2.38. The van der Waals surface area contributed by atoms with Crippen LogP contribution in [-0.4, -0.2) is 49.3 Å². The summed E-state index contributed by atoms with van der Waals surface area (Å²) in [5.74, 6) is 0.247. The monoisotopic (exact) mass is 293 g/mol.